The van der Waals surface area contributed by atoms with Crippen LogP contribution in [0.3, 0.4) is 0 Å². The van der Waals surface area contributed by atoms with E-state index in [0.717, 1.165) is 0 Å². The average Bonchev–Trinajstić information content (AvgIpc) is 2.61. The van der Waals surface area contributed by atoms with Crippen LogP contribution in [0.5, 0.6) is 0 Å². The normalized spacial score (nSPS) is 23.2. The number of rotatable bonds is 2. The van der Waals surface area contributed by atoms with Gasteiger partial charge in [-0.15, -0.1) is 0 Å². The molecule has 5 nitrogen and oxygen atoms in total. The predicted molar refractivity (Wildman–Crippen MR) is 44.4 cm³/mol. The number of hydrogen-bond acceptors (Lipinski definition) is 3. The summed E-state index contributed by atoms with van der Waals surface area (Å²) >= 11 is 0. The number of carbonyl (C=O) groups excluding carboxylic acids is 1. The number of aliphatic carboxylic acids is 1. The molecule has 0 bridgehead atoms. The zero-order valence-electron chi connectivity index (χ0n) is 8.07. The van der Waals surface area contributed by atoms with Crippen molar-refractivity contribution in [2.45, 2.75) is 31.2 Å². The van der Waals surface area contributed by atoms with Crippen molar-refractivity contribution in [1.29, 1.82) is 0 Å². The van der Waals surface area contributed by atoms with Gasteiger partial charge >= 0.3 is 18.1 Å². The van der Waals surface area contributed by atoms with Gasteiger partial charge in [-0.3, -0.25) is 4.79 Å². The molecule has 0 aliphatic carbocycles. The van der Waals surface area contributed by atoms with Gasteiger partial charge in [-0.25, -0.2) is 4.79 Å². The second-order valence-electron chi connectivity index (χ2n) is 3.49. The minimum Gasteiger partial charge on any atom is -0.479 e. The summed E-state index contributed by atoms with van der Waals surface area (Å²) in [5, 5.41) is 17.6. The van der Waals surface area contributed by atoms with E-state index in [9.17, 15) is 22.8 Å². The molecule has 92 valence electrons. The van der Waals surface area contributed by atoms with Gasteiger partial charge in [0.1, 0.15) is 0 Å². The van der Waals surface area contributed by atoms with Crippen LogP contribution in [0, 0.1) is 0 Å². The molecule has 1 aliphatic rings. The zero-order valence-corrected chi connectivity index (χ0v) is 8.07. The monoisotopic (exact) mass is 241 g/mol. The first-order valence-corrected chi connectivity index (χ1v) is 4.54. The fourth-order valence-corrected chi connectivity index (χ4v) is 1.70. The minimum absolute atomic E-state index is 0.0509. The molecule has 1 rings (SSSR count). The van der Waals surface area contributed by atoms with Crippen LogP contribution >= 0.6 is 0 Å². The molecule has 2 unspecified atom stereocenters. The topological polar surface area (TPSA) is 77.8 Å². The van der Waals surface area contributed by atoms with Crippen molar-refractivity contribution in [3.63, 3.8) is 0 Å². The summed E-state index contributed by atoms with van der Waals surface area (Å²) in [4.78, 5) is 21.7. The number of carbonyl (C=O) groups is 2. The fraction of sp³-hybridized carbons (Fsp3) is 0.750. The number of likely N-dealkylation sites (tertiary alicyclic amines) is 1. The van der Waals surface area contributed by atoms with Gasteiger partial charge < -0.3 is 15.1 Å². The summed E-state index contributed by atoms with van der Waals surface area (Å²) in [5.41, 5.74) is 0. The molecule has 0 aromatic carbocycles. The maximum Gasteiger partial charge on any atom is 0.471 e. The van der Waals surface area contributed by atoms with E-state index in [0.29, 0.717) is 4.90 Å². The Bertz CT molecular complexity index is 304. The molecule has 0 saturated carbocycles. The molecule has 0 spiro atoms. The van der Waals surface area contributed by atoms with Crippen LogP contribution in [0.4, 0.5) is 13.2 Å². The van der Waals surface area contributed by atoms with E-state index in [4.69, 9.17) is 10.2 Å². The quantitative estimate of drug-likeness (QED) is 0.712. The third kappa shape index (κ3) is 2.43. The van der Waals surface area contributed by atoms with Crippen LogP contribution in [0.2, 0.25) is 0 Å². The first kappa shape index (κ1) is 12.8. The highest BCUT2D eigenvalue weighted by molar-refractivity contribution is 5.83. The van der Waals surface area contributed by atoms with Crippen molar-refractivity contribution >= 4 is 11.9 Å². The van der Waals surface area contributed by atoms with E-state index in [1.807, 2.05) is 0 Å². The van der Waals surface area contributed by atoms with Crippen LogP contribution in [-0.2, 0) is 9.59 Å². The molecule has 1 heterocycles. The van der Waals surface area contributed by atoms with E-state index in [1.165, 1.54) is 0 Å². The lowest BCUT2D eigenvalue weighted by molar-refractivity contribution is -0.188. The number of carboxylic acids is 1. The molecular formula is C8H10F3NO4. The van der Waals surface area contributed by atoms with Gasteiger partial charge in [0.05, 0.1) is 6.04 Å². The molecule has 1 amide bonds. The molecular weight excluding hydrogens is 231 g/mol. The lowest BCUT2D eigenvalue weighted by atomic mass is 10.1. The number of hydrogen-bond donors (Lipinski definition) is 2. The van der Waals surface area contributed by atoms with Gasteiger partial charge in [-0.05, 0) is 12.8 Å². The SMILES string of the molecule is O=C(O)C(O)C1CCCN1C(=O)C(F)(F)F. The molecule has 0 radical (unpaired) electrons. The summed E-state index contributed by atoms with van der Waals surface area (Å²) in [5.74, 6) is -3.73. The molecule has 0 aromatic heterocycles. The smallest absolute Gasteiger partial charge is 0.471 e. The Kier molecular flexibility index (Phi) is 3.41. The Balaban J connectivity index is 2.81. The number of nitrogens with zero attached hydrogens (tertiary/aromatic N) is 1. The number of carboxylic acid groups (broad SMARTS) is 1. The molecule has 1 fully saturated rings. The lowest BCUT2D eigenvalue weighted by Crippen LogP contribution is -2.50. The highest BCUT2D eigenvalue weighted by Gasteiger charge is 2.48. The number of aliphatic hydroxyl groups excluding tert-OH is 1. The van der Waals surface area contributed by atoms with Gasteiger partial charge in [0.15, 0.2) is 6.10 Å². The Morgan fingerprint density at radius 3 is 2.38 bits per heavy atom. The average molecular weight is 241 g/mol. The molecule has 16 heavy (non-hydrogen) atoms. The van der Waals surface area contributed by atoms with Crippen LogP contribution in [0.15, 0.2) is 0 Å². The number of alkyl halides is 3. The highest BCUT2D eigenvalue weighted by Crippen LogP contribution is 2.27. The molecule has 1 aliphatic heterocycles. The van der Waals surface area contributed by atoms with Crippen molar-refractivity contribution in [2.75, 3.05) is 6.54 Å². The Morgan fingerprint density at radius 1 is 1.38 bits per heavy atom. The number of aliphatic hydroxyl groups is 1. The molecule has 1 saturated heterocycles. The summed E-state index contributed by atoms with van der Waals surface area (Å²) in [6, 6.07) is -1.30. The van der Waals surface area contributed by atoms with Crippen molar-refractivity contribution < 1.29 is 33.0 Å². The van der Waals surface area contributed by atoms with Crippen molar-refractivity contribution in [3.8, 4) is 0 Å². The first-order chi connectivity index (χ1) is 7.25. The fourth-order valence-electron chi connectivity index (χ4n) is 1.70. The minimum atomic E-state index is -5.04. The molecule has 2 N–H and O–H groups in total. The third-order valence-electron chi connectivity index (χ3n) is 2.42. The van der Waals surface area contributed by atoms with Crippen molar-refractivity contribution in [2.24, 2.45) is 0 Å². The predicted octanol–water partition coefficient (Wildman–Crippen LogP) is -0.0148. The third-order valence-corrected chi connectivity index (χ3v) is 2.42. The second kappa shape index (κ2) is 4.28. The van der Waals surface area contributed by atoms with Crippen molar-refractivity contribution in [1.82, 2.24) is 4.90 Å². The zero-order chi connectivity index (χ0) is 12.5. The van der Waals surface area contributed by atoms with E-state index in [1.54, 1.807) is 0 Å². The lowest BCUT2D eigenvalue weighted by Gasteiger charge is -2.27. The van der Waals surface area contributed by atoms with Gasteiger partial charge in [-0.2, -0.15) is 13.2 Å². The van der Waals surface area contributed by atoms with E-state index >= 15 is 0 Å². The van der Waals surface area contributed by atoms with Gasteiger partial charge in [0.2, 0.25) is 0 Å². The first-order valence-electron chi connectivity index (χ1n) is 4.54. The molecule has 8 heteroatoms. The maximum atomic E-state index is 12.1. The summed E-state index contributed by atoms with van der Waals surface area (Å²) in [7, 11) is 0. The Morgan fingerprint density at radius 2 is 1.94 bits per heavy atom. The van der Waals surface area contributed by atoms with E-state index in [-0.39, 0.29) is 19.4 Å². The van der Waals surface area contributed by atoms with E-state index in [2.05, 4.69) is 0 Å². The Hall–Kier alpha value is -1.31. The van der Waals surface area contributed by atoms with Crippen LogP contribution in [-0.4, -0.2) is 51.9 Å². The van der Waals surface area contributed by atoms with Crippen LogP contribution in [0.25, 0.3) is 0 Å². The summed E-state index contributed by atoms with van der Waals surface area (Å²) < 4.78 is 36.4. The summed E-state index contributed by atoms with van der Waals surface area (Å²) in [6.45, 7) is -0.187. The standard InChI is InChI=1S/C8H10F3NO4/c9-8(10,11)7(16)12-3-1-2-4(12)5(13)6(14)15/h4-5,13H,1-3H2,(H,14,15). The number of amides is 1. The number of halogens is 3. The maximum absolute atomic E-state index is 12.1. The van der Waals surface area contributed by atoms with Crippen LogP contribution in [0.1, 0.15) is 12.8 Å². The van der Waals surface area contributed by atoms with Gasteiger partial charge in [0.25, 0.3) is 0 Å². The van der Waals surface area contributed by atoms with Gasteiger partial charge in [-0.1, -0.05) is 0 Å². The van der Waals surface area contributed by atoms with E-state index < -0.39 is 30.2 Å². The second-order valence-corrected chi connectivity index (χ2v) is 3.49. The van der Waals surface area contributed by atoms with Crippen LogP contribution < -0.4 is 0 Å². The molecule has 2 atom stereocenters. The Labute approximate surface area is 88.5 Å². The summed E-state index contributed by atoms with van der Waals surface area (Å²) in [6.07, 6.45) is -6.72. The van der Waals surface area contributed by atoms with Gasteiger partial charge in [0, 0.05) is 6.54 Å². The van der Waals surface area contributed by atoms with Crippen molar-refractivity contribution in [3.05, 3.63) is 0 Å². The molecule has 0 aromatic rings. The largest absolute Gasteiger partial charge is 0.479 e. The highest BCUT2D eigenvalue weighted by atomic mass is 19.4.